The molecule has 0 heterocycles. The lowest BCUT2D eigenvalue weighted by Gasteiger charge is -2.09. The Morgan fingerprint density at radius 1 is 1.16 bits per heavy atom. The molecule has 0 spiro atoms. The minimum atomic E-state index is -0.215. The van der Waals surface area contributed by atoms with Crippen LogP contribution in [0.2, 0.25) is 5.02 Å². The first-order valence-corrected chi connectivity index (χ1v) is 6.25. The number of hydrogen-bond donors (Lipinski definition) is 1. The zero-order valence-corrected chi connectivity index (χ0v) is 11.3. The Hall–Kier alpha value is -2.00. The molecule has 19 heavy (non-hydrogen) atoms. The molecule has 0 saturated carbocycles. The van der Waals surface area contributed by atoms with E-state index in [-0.39, 0.29) is 5.91 Å². The van der Waals surface area contributed by atoms with Crippen LogP contribution in [0, 0.1) is 0 Å². The van der Waals surface area contributed by atoms with E-state index in [1.54, 1.807) is 18.2 Å². The highest BCUT2D eigenvalue weighted by Crippen LogP contribution is 2.27. The van der Waals surface area contributed by atoms with Gasteiger partial charge < -0.3 is 10.1 Å². The van der Waals surface area contributed by atoms with Crippen molar-refractivity contribution in [3.63, 3.8) is 0 Å². The molecule has 0 aliphatic carbocycles. The van der Waals surface area contributed by atoms with Crippen LogP contribution < -0.4 is 10.1 Å². The Labute approximate surface area is 117 Å². The van der Waals surface area contributed by atoms with E-state index >= 15 is 0 Å². The zero-order valence-electron chi connectivity index (χ0n) is 10.5. The molecule has 0 saturated heterocycles. The molecule has 0 aliphatic rings. The number of amides is 1. The minimum Gasteiger partial charge on any atom is -0.495 e. The highest BCUT2D eigenvalue weighted by atomic mass is 35.5. The van der Waals surface area contributed by atoms with Crippen molar-refractivity contribution in [1.82, 2.24) is 5.32 Å². The Bertz CT molecular complexity index is 570. The summed E-state index contributed by atoms with van der Waals surface area (Å²) >= 11 is 6.10. The van der Waals surface area contributed by atoms with Crippen molar-refractivity contribution in [3.05, 3.63) is 64.7 Å². The standard InChI is InChI=1S/C15H14ClNO2/c1-19-13-9-5-8-12(14(13)16)15(18)17-10-11-6-3-2-4-7-11/h2-9H,10H2,1H3,(H,17,18). The molecule has 0 aliphatic heterocycles. The smallest absolute Gasteiger partial charge is 0.253 e. The van der Waals surface area contributed by atoms with Gasteiger partial charge >= 0.3 is 0 Å². The summed E-state index contributed by atoms with van der Waals surface area (Å²) in [6, 6.07) is 14.8. The van der Waals surface area contributed by atoms with E-state index < -0.39 is 0 Å². The monoisotopic (exact) mass is 275 g/mol. The van der Waals surface area contributed by atoms with Gasteiger partial charge in [0.2, 0.25) is 0 Å². The molecule has 1 N–H and O–H groups in total. The third kappa shape index (κ3) is 3.26. The quantitative estimate of drug-likeness (QED) is 0.930. The second-order valence-corrected chi connectivity index (χ2v) is 4.37. The molecule has 4 heteroatoms. The fourth-order valence-corrected chi connectivity index (χ4v) is 2.01. The Morgan fingerprint density at radius 3 is 2.58 bits per heavy atom. The maximum atomic E-state index is 12.1. The maximum absolute atomic E-state index is 12.1. The molecule has 0 bridgehead atoms. The van der Waals surface area contributed by atoms with E-state index in [2.05, 4.69) is 5.32 Å². The second kappa shape index (κ2) is 6.25. The summed E-state index contributed by atoms with van der Waals surface area (Å²) < 4.78 is 5.09. The van der Waals surface area contributed by atoms with Crippen LogP contribution in [0.5, 0.6) is 5.75 Å². The first-order valence-electron chi connectivity index (χ1n) is 5.87. The number of halogens is 1. The number of benzene rings is 2. The molecule has 0 radical (unpaired) electrons. The number of ether oxygens (including phenoxy) is 1. The molecular formula is C15H14ClNO2. The van der Waals surface area contributed by atoms with Gasteiger partial charge in [-0.05, 0) is 17.7 Å². The van der Waals surface area contributed by atoms with Gasteiger partial charge in [0.15, 0.2) is 0 Å². The average Bonchev–Trinajstić information content (AvgIpc) is 2.46. The fourth-order valence-electron chi connectivity index (χ4n) is 1.72. The summed E-state index contributed by atoms with van der Waals surface area (Å²) in [7, 11) is 1.52. The molecule has 2 aromatic rings. The predicted molar refractivity (Wildman–Crippen MR) is 75.6 cm³/mol. The lowest BCUT2D eigenvalue weighted by atomic mass is 10.2. The summed E-state index contributed by atoms with van der Waals surface area (Å²) in [4.78, 5) is 12.1. The lowest BCUT2D eigenvalue weighted by molar-refractivity contribution is 0.0950. The van der Waals surface area contributed by atoms with Gasteiger partial charge in [-0.2, -0.15) is 0 Å². The van der Waals surface area contributed by atoms with Crippen LogP contribution in [-0.2, 0) is 6.54 Å². The van der Waals surface area contributed by atoms with Crippen LogP contribution >= 0.6 is 11.6 Å². The van der Waals surface area contributed by atoms with Crippen LogP contribution in [0.1, 0.15) is 15.9 Å². The van der Waals surface area contributed by atoms with E-state index in [0.717, 1.165) is 5.56 Å². The molecule has 2 aromatic carbocycles. The van der Waals surface area contributed by atoms with Gasteiger partial charge in [0.05, 0.1) is 17.7 Å². The number of nitrogens with one attached hydrogen (secondary N) is 1. The molecule has 0 unspecified atom stereocenters. The fraction of sp³-hybridized carbons (Fsp3) is 0.133. The average molecular weight is 276 g/mol. The summed E-state index contributed by atoms with van der Waals surface area (Å²) in [6.45, 7) is 0.465. The highest BCUT2D eigenvalue weighted by molar-refractivity contribution is 6.35. The molecule has 2 rings (SSSR count). The van der Waals surface area contributed by atoms with Crippen molar-refractivity contribution in [2.75, 3.05) is 7.11 Å². The van der Waals surface area contributed by atoms with Crippen LogP contribution in [0.15, 0.2) is 48.5 Å². The van der Waals surface area contributed by atoms with Gasteiger partial charge in [0, 0.05) is 6.54 Å². The van der Waals surface area contributed by atoms with Gasteiger partial charge in [-0.1, -0.05) is 48.0 Å². The van der Waals surface area contributed by atoms with Gasteiger partial charge in [-0.25, -0.2) is 0 Å². The largest absolute Gasteiger partial charge is 0.495 e. The Balaban J connectivity index is 2.08. The van der Waals surface area contributed by atoms with E-state index in [4.69, 9.17) is 16.3 Å². The van der Waals surface area contributed by atoms with Gasteiger partial charge in [0.25, 0.3) is 5.91 Å². The zero-order chi connectivity index (χ0) is 13.7. The van der Waals surface area contributed by atoms with Crippen molar-refractivity contribution in [2.45, 2.75) is 6.54 Å². The maximum Gasteiger partial charge on any atom is 0.253 e. The topological polar surface area (TPSA) is 38.3 Å². The number of rotatable bonds is 4. The van der Waals surface area contributed by atoms with Gasteiger partial charge in [-0.3, -0.25) is 4.79 Å². The normalized spacial score (nSPS) is 10.0. The second-order valence-electron chi connectivity index (χ2n) is 3.99. The van der Waals surface area contributed by atoms with Crippen LogP contribution in [0.3, 0.4) is 0 Å². The van der Waals surface area contributed by atoms with E-state index in [1.807, 2.05) is 30.3 Å². The van der Waals surface area contributed by atoms with Crippen molar-refractivity contribution >= 4 is 17.5 Å². The summed E-state index contributed by atoms with van der Waals surface area (Å²) in [5.41, 5.74) is 1.45. The molecule has 0 aromatic heterocycles. The van der Waals surface area contributed by atoms with Crippen molar-refractivity contribution in [1.29, 1.82) is 0 Å². The number of methoxy groups -OCH3 is 1. The van der Waals surface area contributed by atoms with E-state index in [1.165, 1.54) is 7.11 Å². The summed E-state index contributed by atoms with van der Waals surface area (Å²) in [6.07, 6.45) is 0. The minimum absolute atomic E-state index is 0.215. The van der Waals surface area contributed by atoms with E-state index in [9.17, 15) is 4.79 Å². The summed E-state index contributed by atoms with van der Waals surface area (Å²) in [5, 5.41) is 3.16. The molecule has 3 nitrogen and oxygen atoms in total. The van der Waals surface area contributed by atoms with Crippen LogP contribution in [-0.4, -0.2) is 13.0 Å². The Morgan fingerprint density at radius 2 is 1.89 bits per heavy atom. The molecule has 1 amide bonds. The first kappa shape index (κ1) is 13.4. The lowest BCUT2D eigenvalue weighted by Crippen LogP contribution is -2.23. The van der Waals surface area contributed by atoms with E-state index in [0.29, 0.717) is 22.9 Å². The predicted octanol–water partition coefficient (Wildman–Crippen LogP) is 3.28. The van der Waals surface area contributed by atoms with Crippen molar-refractivity contribution < 1.29 is 9.53 Å². The van der Waals surface area contributed by atoms with Gasteiger partial charge in [-0.15, -0.1) is 0 Å². The van der Waals surface area contributed by atoms with Gasteiger partial charge in [0.1, 0.15) is 5.75 Å². The summed E-state index contributed by atoms with van der Waals surface area (Å²) in [5.74, 6) is 0.279. The van der Waals surface area contributed by atoms with Crippen LogP contribution in [0.25, 0.3) is 0 Å². The number of carbonyl (C=O) groups excluding carboxylic acids is 1. The highest BCUT2D eigenvalue weighted by Gasteiger charge is 2.13. The SMILES string of the molecule is COc1cccc(C(=O)NCc2ccccc2)c1Cl. The third-order valence-electron chi connectivity index (χ3n) is 2.72. The number of carbonyl (C=O) groups is 1. The molecule has 0 fully saturated rings. The first-order chi connectivity index (χ1) is 9.22. The third-order valence-corrected chi connectivity index (χ3v) is 3.11. The molecule has 0 atom stereocenters. The molecule has 98 valence electrons. The Kier molecular flexibility index (Phi) is 4.42. The van der Waals surface area contributed by atoms with Crippen molar-refractivity contribution in [3.8, 4) is 5.75 Å². The number of hydrogen-bond acceptors (Lipinski definition) is 2. The molecular weight excluding hydrogens is 262 g/mol. The van der Waals surface area contributed by atoms with Crippen molar-refractivity contribution in [2.24, 2.45) is 0 Å². The van der Waals surface area contributed by atoms with Crippen LogP contribution in [0.4, 0.5) is 0 Å².